The van der Waals surface area contributed by atoms with Gasteiger partial charge in [-0.3, -0.25) is 4.90 Å². The third kappa shape index (κ3) is 4.40. The van der Waals surface area contributed by atoms with E-state index in [0.717, 1.165) is 39.3 Å². The molecule has 0 radical (unpaired) electrons. The van der Waals surface area contributed by atoms with Gasteiger partial charge >= 0.3 is 6.03 Å². The van der Waals surface area contributed by atoms with Gasteiger partial charge in [0.15, 0.2) is 0 Å². The van der Waals surface area contributed by atoms with Crippen LogP contribution in [-0.4, -0.2) is 28.2 Å². The predicted octanol–water partition coefficient (Wildman–Crippen LogP) is 5.75. The number of ether oxygens (including phenoxy) is 1. The lowest BCUT2D eigenvalue weighted by Gasteiger charge is -2.35. The van der Waals surface area contributed by atoms with Gasteiger partial charge in [-0.05, 0) is 54.8 Å². The molecule has 1 N–H and O–H groups in total. The van der Waals surface area contributed by atoms with Gasteiger partial charge in [-0.1, -0.05) is 59.8 Å². The molecule has 1 aliphatic heterocycles. The normalized spacial score (nSPS) is 15.8. The molecule has 1 aliphatic rings. The fraction of sp³-hybridized carbons (Fsp3) is 0.179. The second-order valence-electron chi connectivity index (χ2n) is 8.46. The number of nitrogens with zero attached hydrogens (tertiary/aromatic N) is 3. The van der Waals surface area contributed by atoms with E-state index in [-0.39, 0.29) is 6.03 Å². The molecule has 0 saturated heterocycles. The van der Waals surface area contributed by atoms with Crippen LogP contribution in [0.3, 0.4) is 0 Å². The highest BCUT2D eigenvalue weighted by Crippen LogP contribution is 2.38. The van der Waals surface area contributed by atoms with E-state index in [4.69, 9.17) is 14.2 Å². The maximum atomic E-state index is 13.3. The second-order valence-corrected chi connectivity index (χ2v) is 8.46. The van der Waals surface area contributed by atoms with Gasteiger partial charge in [0.2, 0.25) is 5.82 Å². The maximum absolute atomic E-state index is 13.3. The van der Waals surface area contributed by atoms with Crippen molar-refractivity contribution in [3.8, 4) is 17.1 Å². The molecular weight excluding hydrogens is 440 g/mol. The van der Waals surface area contributed by atoms with E-state index < -0.39 is 6.04 Å². The number of benzene rings is 3. The van der Waals surface area contributed by atoms with Gasteiger partial charge in [-0.15, -0.1) is 0 Å². The summed E-state index contributed by atoms with van der Waals surface area (Å²) in [7, 11) is 1.63. The fourth-order valence-corrected chi connectivity index (χ4v) is 4.29. The Morgan fingerprint density at radius 2 is 1.69 bits per heavy atom. The van der Waals surface area contributed by atoms with Crippen LogP contribution in [0.5, 0.6) is 5.75 Å². The van der Waals surface area contributed by atoms with Crippen molar-refractivity contribution in [1.29, 1.82) is 0 Å². The van der Waals surface area contributed by atoms with E-state index in [0.29, 0.717) is 18.3 Å². The molecule has 0 bridgehead atoms. The number of rotatable bonds is 6. The summed E-state index contributed by atoms with van der Waals surface area (Å²) in [6.07, 6.45) is 0. The van der Waals surface area contributed by atoms with E-state index in [1.54, 1.807) is 12.0 Å². The number of urea groups is 1. The number of hydrogen-bond donors (Lipinski definition) is 1. The zero-order chi connectivity index (χ0) is 24.4. The van der Waals surface area contributed by atoms with Crippen LogP contribution < -0.4 is 10.1 Å². The molecule has 5 rings (SSSR count). The lowest BCUT2D eigenvalue weighted by Crippen LogP contribution is -2.45. The molecule has 7 nitrogen and oxygen atoms in total. The topological polar surface area (TPSA) is 80.5 Å². The standard InChI is InChI=1S/C28H26N4O3/c1-18-9-7-8-12-22(18)17-32-19(2)24(25(29-28(32)33)20-10-5-4-6-11-20)27-30-26(31-35-27)21-13-15-23(34-3)16-14-21/h4-16,25H,17H2,1-3H3,(H,29,33). The summed E-state index contributed by atoms with van der Waals surface area (Å²) in [6.45, 7) is 4.41. The smallest absolute Gasteiger partial charge is 0.322 e. The first-order valence-corrected chi connectivity index (χ1v) is 11.4. The lowest BCUT2D eigenvalue weighted by atomic mass is 9.94. The Labute approximate surface area is 204 Å². The molecule has 35 heavy (non-hydrogen) atoms. The summed E-state index contributed by atoms with van der Waals surface area (Å²) in [4.78, 5) is 19.7. The summed E-state index contributed by atoms with van der Waals surface area (Å²) < 4.78 is 11.0. The molecule has 7 heteroatoms. The van der Waals surface area contributed by atoms with E-state index >= 15 is 0 Å². The van der Waals surface area contributed by atoms with Gasteiger partial charge in [0.25, 0.3) is 5.89 Å². The second kappa shape index (κ2) is 9.46. The molecule has 0 spiro atoms. The van der Waals surface area contributed by atoms with Crippen LogP contribution in [0.4, 0.5) is 4.79 Å². The van der Waals surface area contributed by atoms with Crippen molar-refractivity contribution >= 4 is 11.6 Å². The highest BCUT2D eigenvalue weighted by Gasteiger charge is 2.35. The Balaban J connectivity index is 1.58. The molecule has 1 unspecified atom stereocenters. The van der Waals surface area contributed by atoms with Gasteiger partial charge in [0.1, 0.15) is 5.75 Å². The van der Waals surface area contributed by atoms with Crippen LogP contribution >= 0.6 is 0 Å². The summed E-state index contributed by atoms with van der Waals surface area (Å²) in [5.74, 6) is 1.59. The van der Waals surface area contributed by atoms with Crippen LogP contribution in [0.25, 0.3) is 17.0 Å². The Morgan fingerprint density at radius 1 is 0.971 bits per heavy atom. The number of allylic oxidation sites excluding steroid dienone is 1. The molecule has 176 valence electrons. The number of hydrogen-bond acceptors (Lipinski definition) is 5. The zero-order valence-electron chi connectivity index (χ0n) is 19.9. The first-order valence-electron chi connectivity index (χ1n) is 11.4. The molecule has 0 saturated carbocycles. The van der Waals surface area contributed by atoms with Crippen molar-refractivity contribution in [2.75, 3.05) is 7.11 Å². The number of aromatic nitrogens is 2. The van der Waals surface area contributed by atoms with Crippen molar-refractivity contribution in [1.82, 2.24) is 20.4 Å². The third-order valence-corrected chi connectivity index (χ3v) is 6.32. The average molecular weight is 467 g/mol. The van der Waals surface area contributed by atoms with Crippen LogP contribution in [0.15, 0.2) is 89.1 Å². The van der Waals surface area contributed by atoms with E-state index in [2.05, 4.69) is 10.5 Å². The van der Waals surface area contributed by atoms with E-state index in [1.807, 2.05) is 92.7 Å². The van der Waals surface area contributed by atoms with Crippen LogP contribution in [-0.2, 0) is 6.54 Å². The van der Waals surface area contributed by atoms with Crippen molar-refractivity contribution in [2.45, 2.75) is 26.4 Å². The summed E-state index contributed by atoms with van der Waals surface area (Å²) in [6, 6.07) is 24.8. The van der Waals surface area contributed by atoms with E-state index in [1.165, 1.54) is 0 Å². The monoisotopic (exact) mass is 466 g/mol. The molecule has 1 atom stereocenters. The lowest BCUT2D eigenvalue weighted by molar-refractivity contribution is 0.203. The van der Waals surface area contributed by atoms with Crippen molar-refractivity contribution in [3.05, 3.63) is 107 Å². The van der Waals surface area contributed by atoms with Crippen molar-refractivity contribution in [3.63, 3.8) is 0 Å². The van der Waals surface area contributed by atoms with Crippen LogP contribution in [0.2, 0.25) is 0 Å². The van der Waals surface area contributed by atoms with Gasteiger partial charge in [-0.25, -0.2) is 4.79 Å². The highest BCUT2D eigenvalue weighted by molar-refractivity contribution is 5.87. The summed E-state index contributed by atoms with van der Waals surface area (Å²) >= 11 is 0. The minimum absolute atomic E-state index is 0.168. The fourth-order valence-electron chi connectivity index (χ4n) is 4.29. The maximum Gasteiger partial charge on any atom is 0.322 e. The number of aryl methyl sites for hydroxylation is 1. The molecule has 4 aromatic rings. The van der Waals surface area contributed by atoms with Crippen LogP contribution in [0, 0.1) is 6.92 Å². The van der Waals surface area contributed by atoms with Crippen LogP contribution in [0.1, 0.15) is 35.5 Å². The molecular formula is C28H26N4O3. The minimum Gasteiger partial charge on any atom is -0.497 e. The predicted molar refractivity (Wildman–Crippen MR) is 133 cm³/mol. The first-order chi connectivity index (χ1) is 17.0. The van der Waals surface area contributed by atoms with Crippen molar-refractivity contribution in [2.24, 2.45) is 0 Å². The Morgan fingerprint density at radius 3 is 2.40 bits per heavy atom. The van der Waals surface area contributed by atoms with Crippen molar-refractivity contribution < 1.29 is 14.1 Å². The Hall–Kier alpha value is -4.39. The highest BCUT2D eigenvalue weighted by atomic mass is 16.5. The number of methoxy groups -OCH3 is 1. The number of amides is 2. The SMILES string of the molecule is COc1ccc(-c2noc(C3=C(C)N(Cc4ccccc4C)C(=O)NC3c3ccccc3)n2)cc1. The minimum atomic E-state index is -0.416. The first kappa shape index (κ1) is 22.4. The third-order valence-electron chi connectivity index (χ3n) is 6.32. The summed E-state index contributed by atoms with van der Waals surface area (Å²) in [5, 5.41) is 7.38. The largest absolute Gasteiger partial charge is 0.497 e. The molecule has 2 heterocycles. The molecule has 1 aromatic heterocycles. The number of carbonyl (C=O) groups is 1. The molecule has 3 aromatic carbocycles. The molecule has 0 fully saturated rings. The van der Waals surface area contributed by atoms with Gasteiger partial charge in [0, 0.05) is 11.3 Å². The quantitative estimate of drug-likeness (QED) is 0.391. The van der Waals surface area contributed by atoms with Gasteiger partial charge in [0.05, 0.1) is 25.3 Å². The van der Waals surface area contributed by atoms with Gasteiger partial charge < -0.3 is 14.6 Å². The Kier molecular flexibility index (Phi) is 6.06. The zero-order valence-corrected chi connectivity index (χ0v) is 19.9. The number of carbonyl (C=O) groups excluding carboxylic acids is 1. The Bertz CT molecular complexity index is 1380. The number of nitrogens with one attached hydrogen (secondary N) is 1. The molecule has 2 amide bonds. The molecule has 0 aliphatic carbocycles. The van der Waals surface area contributed by atoms with E-state index in [9.17, 15) is 4.79 Å². The summed E-state index contributed by atoms with van der Waals surface area (Å²) in [5.41, 5.74) is 5.50. The van der Waals surface area contributed by atoms with Gasteiger partial charge in [-0.2, -0.15) is 4.98 Å². The average Bonchev–Trinajstić information content (AvgIpc) is 3.37.